The number of benzene rings is 1. The Morgan fingerprint density at radius 2 is 1.69 bits per heavy atom. The lowest BCUT2D eigenvalue weighted by atomic mass is 10.0. The van der Waals surface area contributed by atoms with E-state index >= 15 is 0 Å². The van der Waals surface area contributed by atoms with Gasteiger partial charge in [0.25, 0.3) is 5.91 Å². The molecule has 1 aliphatic rings. The molecule has 1 saturated heterocycles. The van der Waals surface area contributed by atoms with Crippen LogP contribution in [0.2, 0.25) is 0 Å². The van der Waals surface area contributed by atoms with E-state index in [1.165, 1.54) is 6.92 Å². The first-order valence-electron chi connectivity index (χ1n) is 8.85. The SMILES string of the molecule is CC(=O)CCC(=O)N1CCC(NC(=O)CNC(=O)c2ccccc2)CC1. The van der Waals surface area contributed by atoms with Gasteiger partial charge in [-0.3, -0.25) is 14.4 Å². The maximum absolute atomic E-state index is 12.0. The molecule has 0 radical (unpaired) electrons. The van der Waals surface area contributed by atoms with Crippen molar-refractivity contribution in [2.24, 2.45) is 0 Å². The van der Waals surface area contributed by atoms with Gasteiger partial charge in [0.15, 0.2) is 0 Å². The summed E-state index contributed by atoms with van der Waals surface area (Å²) in [6.45, 7) is 2.53. The number of hydrogen-bond donors (Lipinski definition) is 2. The number of hydrogen-bond acceptors (Lipinski definition) is 4. The average Bonchev–Trinajstić information content (AvgIpc) is 2.65. The maximum Gasteiger partial charge on any atom is 0.251 e. The van der Waals surface area contributed by atoms with Gasteiger partial charge in [-0.1, -0.05) is 18.2 Å². The van der Waals surface area contributed by atoms with Crippen LogP contribution < -0.4 is 10.6 Å². The summed E-state index contributed by atoms with van der Waals surface area (Å²) in [5.41, 5.74) is 0.512. The molecule has 0 spiro atoms. The Hall–Kier alpha value is -2.70. The number of carbonyl (C=O) groups excluding carboxylic acids is 4. The zero-order valence-corrected chi connectivity index (χ0v) is 15.0. The van der Waals surface area contributed by atoms with E-state index in [4.69, 9.17) is 0 Å². The quantitative estimate of drug-likeness (QED) is 0.756. The normalized spacial score (nSPS) is 14.6. The Morgan fingerprint density at radius 1 is 1.04 bits per heavy atom. The number of carbonyl (C=O) groups is 4. The zero-order valence-electron chi connectivity index (χ0n) is 15.0. The summed E-state index contributed by atoms with van der Waals surface area (Å²) in [6.07, 6.45) is 1.86. The molecule has 0 atom stereocenters. The van der Waals surface area contributed by atoms with Crippen LogP contribution in [0.15, 0.2) is 30.3 Å². The van der Waals surface area contributed by atoms with Crippen molar-refractivity contribution in [1.82, 2.24) is 15.5 Å². The predicted octanol–water partition coefficient (Wildman–Crippen LogP) is 0.893. The van der Waals surface area contributed by atoms with E-state index in [0.29, 0.717) is 31.5 Å². The topological polar surface area (TPSA) is 95.6 Å². The molecular weight excluding hydrogens is 334 g/mol. The van der Waals surface area contributed by atoms with Gasteiger partial charge >= 0.3 is 0 Å². The van der Waals surface area contributed by atoms with Crippen molar-refractivity contribution in [3.8, 4) is 0 Å². The number of likely N-dealkylation sites (tertiary alicyclic amines) is 1. The summed E-state index contributed by atoms with van der Waals surface area (Å²) in [5, 5.41) is 5.48. The maximum atomic E-state index is 12.0. The fraction of sp³-hybridized carbons (Fsp3) is 0.474. The van der Waals surface area contributed by atoms with Crippen molar-refractivity contribution < 1.29 is 19.2 Å². The molecule has 7 heteroatoms. The minimum absolute atomic E-state index is 0.00650. The van der Waals surface area contributed by atoms with Crippen molar-refractivity contribution in [3.63, 3.8) is 0 Å². The average molecular weight is 359 g/mol. The Kier molecular flexibility index (Phi) is 7.32. The Morgan fingerprint density at radius 3 is 2.31 bits per heavy atom. The summed E-state index contributed by atoms with van der Waals surface area (Å²) in [7, 11) is 0. The van der Waals surface area contributed by atoms with Crippen LogP contribution in [0, 0.1) is 0 Å². The molecule has 26 heavy (non-hydrogen) atoms. The minimum Gasteiger partial charge on any atom is -0.352 e. The predicted molar refractivity (Wildman–Crippen MR) is 96.4 cm³/mol. The van der Waals surface area contributed by atoms with E-state index in [9.17, 15) is 19.2 Å². The number of rotatable bonds is 7. The highest BCUT2D eigenvalue weighted by Crippen LogP contribution is 2.12. The highest BCUT2D eigenvalue weighted by molar-refractivity contribution is 5.96. The summed E-state index contributed by atoms with van der Waals surface area (Å²) in [4.78, 5) is 48.6. The summed E-state index contributed by atoms with van der Waals surface area (Å²) >= 11 is 0. The number of piperidine rings is 1. The lowest BCUT2D eigenvalue weighted by Gasteiger charge is -2.32. The van der Waals surface area contributed by atoms with Crippen molar-refractivity contribution in [3.05, 3.63) is 35.9 Å². The lowest BCUT2D eigenvalue weighted by Crippen LogP contribution is -2.48. The van der Waals surface area contributed by atoms with Crippen molar-refractivity contribution in [2.75, 3.05) is 19.6 Å². The van der Waals surface area contributed by atoms with Gasteiger partial charge in [0, 0.05) is 37.5 Å². The Balaban J connectivity index is 1.67. The zero-order chi connectivity index (χ0) is 18.9. The molecule has 0 saturated carbocycles. The van der Waals surface area contributed by atoms with Crippen molar-refractivity contribution >= 4 is 23.5 Å². The lowest BCUT2D eigenvalue weighted by molar-refractivity contribution is -0.134. The molecule has 2 rings (SSSR count). The molecule has 1 heterocycles. The molecule has 1 fully saturated rings. The second kappa shape index (κ2) is 9.70. The fourth-order valence-corrected chi connectivity index (χ4v) is 2.85. The first-order chi connectivity index (χ1) is 12.5. The van der Waals surface area contributed by atoms with E-state index < -0.39 is 0 Å². The summed E-state index contributed by atoms with van der Waals surface area (Å²) < 4.78 is 0. The summed E-state index contributed by atoms with van der Waals surface area (Å²) in [5.74, 6) is -0.527. The molecule has 1 aromatic rings. The van der Waals surface area contributed by atoms with Gasteiger partial charge in [-0.25, -0.2) is 0 Å². The van der Waals surface area contributed by atoms with Gasteiger partial charge in [0.05, 0.1) is 6.54 Å². The van der Waals surface area contributed by atoms with Gasteiger partial charge in [-0.05, 0) is 31.9 Å². The van der Waals surface area contributed by atoms with E-state index in [1.807, 2.05) is 6.07 Å². The number of amides is 3. The number of nitrogens with one attached hydrogen (secondary N) is 2. The number of ketones is 1. The second-order valence-corrected chi connectivity index (χ2v) is 6.47. The number of nitrogens with zero attached hydrogens (tertiary/aromatic N) is 1. The molecule has 1 aliphatic heterocycles. The highest BCUT2D eigenvalue weighted by atomic mass is 16.2. The standard InChI is InChI=1S/C19H25N3O4/c1-14(23)7-8-18(25)22-11-9-16(10-12-22)21-17(24)13-20-19(26)15-5-3-2-4-6-15/h2-6,16H,7-13H2,1H3,(H,20,26)(H,21,24). The second-order valence-electron chi connectivity index (χ2n) is 6.47. The van der Waals surface area contributed by atoms with E-state index in [0.717, 1.165) is 0 Å². The molecular formula is C19H25N3O4. The smallest absolute Gasteiger partial charge is 0.251 e. The highest BCUT2D eigenvalue weighted by Gasteiger charge is 2.23. The van der Waals surface area contributed by atoms with Gasteiger partial charge < -0.3 is 20.3 Å². The van der Waals surface area contributed by atoms with E-state index in [1.54, 1.807) is 29.2 Å². The van der Waals surface area contributed by atoms with Crippen LogP contribution in [-0.4, -0.2) is 54.1 Å². The molecule has 0 bridgehead atoms. The van der Waals surface area contributed by atoms with Crippen molar-refractivity contribution in [1.29, 1.82) is 0 Å². The van der Waals surface area contributed by atoms with Gasteiger partial charge in [-0.2, -0.15) is 0 Å². The Labute approximate surface area is 153 Å². The molecule has 2 N–H and O–H groups in total. The van der Waals surface area contributed by atoms with Crippen LogP contribution in [0.3, 0.4) is 0 Å². The number of Topliss-reactive ketones (excluding diaryl/α,β-unsaturated/α-hetero) is 1. The van der Waals surface area contributed by atoms with Gasteiger partial charge in [0.1, 0.15) is 5.78 Å². The molecule has 7 nitrogen and oxygen atoms in total. The first kappa shape index (κ1) is 19.6. The van der Waals surface area contributed by atoms with Gasteiger partial charge in [0.2, 0.25) is 11.8 Å². The third kappa shape index (κ3) is 6.31. The third-order valence-electron chi connectivity index (χ3n) is 4.35. The Bertz CT molecular complexity index is 652. The van der Waals surface area contributed by atoms with E-state index in [-0.39, 0.29) is 48.9 Å². The first-order valence-corrected chi connectivity index (χ1v) is 8.85. The van der Waals surface area contributed by atoms with Crippen LogP contribution in [-0.2, 0) is 14.4 Å². The molecule has 0 unspecified atom stereocenters. The van der Waals surface area contributed by atoms with Gasteiger partial charge in [-0.15, -0.1) is 0 Å². The third-order valence-corrected chi connectivity index (χ3v) is 4.35. The monoisotopic (exact) mass is 359 g/mol. The van der Waals surface area contributed by atoms with Crippen molar-refractivity contribution in [2.45, 2.75) is 38.6 Å². The minimum atomic E-state index is -0.286. The molecule has 0 aliphatic carbocycles. The fourth-order valence-electron chi connectivity index (χ4n) is 2.85. The van der Waals surface area contributed by atoms with Crippen LogP contribution in [0.4, 0.5) is 0 Å². The van der Waals surface area contributed by atoms with Crippen LogP contribution in [0.1, 0.15) is 43.0 Å². The van der Waals surface area contributed by atoms with E-state index in [2.05, 4.69) is 10.6 Å². The molecule has 0 aromatic heterocycles. The summed E-state index contributed by atoms with van der Waals surface area (Å²) in [6, 6.07) is 8.72. The van der Waals surface area contributed by atoms with Crippen LogP contribution in [0.25, 0.3) is 0 Å². The largest absolute Gasteiger partial charge is 0.352 e. The molecule has 140 valence electrons. The van der Waals surface area contributed by atoms with Crippen LogP contribution >= 0.6 is 0 Å². The van der Waals surface area contributed by atoms with Crippen LogP contribution in [0.5, 0.6) is 0 Å². The molecule has 3 amide bonds. The molecule has 1 aromatic carbocycles.